The highest BCUT2D eigenvalue weighted by molar-refractivity contribution is 5.89. The predicted molar refractivity (Wildman–Crippen MR) is 78.1 cm³/mol. The number of hydrogen-bond acceptors (Lipinski definition) is 5. The molecule has 3 aromatic rings. The number of rotatable bonds is 3. The Labute approximate surface area is 125 Å². The van der Waals surface area contributed by atoms with E-state index in [0.717, 1.165) is 0 Å². The first-order valence-electron chi connectivity index (χ1n) is 6.47. The largest absolute Gasteiger partial charge is 0.463 e. The molecule has 3 rings (SSSR count). The Hall–Kier alpha value is -3.40. The van der Waals surface area contributed by atoms with Gasteiger partial charge in [-0.25, -0.2) is 4.68 Å². The predicted octanol–water partition coefficient (Wildman–Crippen LogP) is 2.36. The molecule has 0 radical (unpaired) electrons. The lowest BCUT2D eigenvalue weighted by molar-refractivity contribution is -0.114. The van der Waals surface area contributed by atoms with Crippen LogP contribution in [0.4, 0.5) is 5.69 Å². The molecule has 0 aliphatic carbocycles. The van der Waals surface area contributed by atoms with Crippen LogP contribution in [0.3, 0.4) is 0 Å². The van der Waals surface area contributed by atoms with Crippen LogP contribution in [0.2, 0.25) is 0 Å². The Morgan fingerprint density at radius 3 is 2.91 bits per heavy atom. The molecule has 1 amide bonds. The number of carbonyl (C=O) groups is 1. The van der Waals surface area contributed by atoms with Gasteiger partial charge in [0.15, 0.2) is 11.5 Å². The molecule has 0 aliphatic rings. The van der Waals surface area contributed by atoms with Crippen LogP contribution in [0, 0.1) is 11.3 Å². The summed E-state index contributed by atoms with van der Waals surface area (Å²) in [5.41, 5.74) is 1.92. The maximum Gasteiger partial charge on any atom is 0.221 e. The number of benzene rings is 1. The van der Waals surface area contributed by atoms with E-state index < -0.39 is 0 Å². The second-order valence-electron chi connectivity index (χ2n) is 4.52. The number of amides is 1. The monoisotopic (exact) mass is 293 g/mol. The van der Waals surface area contributed by atoms with Crippen LogP contribution in [0.5, 0.6) is 0 Å². The van der Waals surface area contributed by atoms with E-state index in [4.69, 9.17) is 4.42 Å². The van der Waals surface area contributed by atoms with E-state index in [2.05, 4.69) is 15.6 Å². The normalized spacial score (nSPS) is 10.2. The van der Waals surface area contributed by atoms with Crippen molar-refractivity contribution < 1.29 is 9.21 Å². The standard InChI is InChI=1S/C15H11N5O2/c1-10(21)17-11-4-2-5-12(8-11)20-15(13(9-16)18-19-20)14-6-3-7-22-14/h2-8H,1H3,(H,17,21). The van der Waals surface area contributed by atoms with Gasteiger partial charge in [-0.05, 0) is 30.3 Å². The van der Waals surface area contributed by atoms with E-state index >= 15 is 0 Å². The molecule has 2 aromatic heterocycles. The van der Waals surface area contributed by atoms with Gasteiger partial charge in [0, 0.05) is 12.6 Å². The lowest BCUT2D eigenvalue weighted by Gasteiger charge is -2.07. The quantitative estimate of drug-likeness (QED) is 0.799. The van der Waals surface area contributed by atoms with Crippen molar-refractivity contribution in [1.82, 2.24) is 15.0 Å². The fraction of sp³-hybridized carbons (Fsp3) is 0.0667. The summed E-state index contributed by atoms with van der Waals surface area (Å²) in [6.45, 7) is 1.43. The molecule has 0 atom stereocenters. The SMILES string of the molecule is CC(=O)Nc1cccc(-n2nnc(C#N)c2-c2ccco2)c1. The summed E-state index contributed by atoms with van der Waals surface area (Å²) in [7, 11) is 0. The molecular formula is C15H11N5O2. The molecule has 0 saturated carbocycles. The minimum atomic E-state index is -0.167. The van der Waals surface area contributed by atoms with Crippen molar-refractivity contribution >= 4 is 11.6 Å². The van der Waals surface area contributed by atoms with Crippen molar-refractivity contribution in [2.45, 2.75) is 6.92 Å². The average molecular weight is 293 g/mol. The second-order valence-corrected chi connectivity index (χ2v) is 4.52. The zero-order valence-corrected chi connectivity index (χ0v) is 11.6. The van der Waals surface area contributed by atoms with E-state index in [0.29, 0.717) is 22.8 Å². The highest BCUT2D eigenvalue weighted by Crippen LogP contribution is 2.26. The Bertz CT molecular complexity index is 858. The summed E-state index contributed by atoms with van der Waals surface area (Å²) in [4.78, 5) is 11.2. The molecule has 1 aromatic carbocycles. The van der Waals surface area contributed by atoms with Gasteiger partial charge in [0.05, 0.1) is 12.0 Å². The van der Waals surface area contributed by atoms with Gasteiger partial charge in [-0.1, -0.05) is 11.3 Å². The zero-order valence-electron chi connectivity index (χ0n) is 11.6. The molecule has 22 heavy (non-hydrogen) atoms. The Morgan fingerprint density at radius 2 is 2.23 bits per heavy atom. The summed E-state index contributed by atoms with van der Waals surface area (Å²) in [5.74, 6) is 0.325. The average Bonchev–Trinajstić information content (AvgIpc) is 3.15. The molecule has 0 spiro atoms. The van der Waals surface area contributed by atoms with Crippen molar-refractivity contribution in [3.8, 4) is 23.2 Å². The lowest BCUT2D eigenvalue weighted by atomic mass is 10.2. The third kappa shape index (κ3) is 2.45. The fourth-order valence-electron chi connectivity index (χ4n) is 2.09. The lowest BCUT2D eigenvalue weighted by Crippen LogP contribution is -2.07. The fourth-order valence-corrected chi connectivity index (χ4v) is 2.09. The van der Waals surface area contributed by atoms with Crippen LogP contribution in [0.15, 0.2) is 47.1 Å². The van der Waals surface area contributed by atoms with Crippen molar-refractivity contribution in [1.29, 1.82) is 5.26 Å². The van der Waals surface area contributed by atoms with Gasteiger partial charge >= 0.3 is 0 Å². The summed E-state index contributed by atoms with van der Waals surface area (Å²) in [6.07, 6.45) is 1.52. The zero-order chi connectivity index (χ0) is 15.5. The third-order valence-electron chi connectivity index (χ3n) is 2.94. The Kier molecular flexibility index (Phi) is 3.42. The molecule has 2 heterocycles. The Morgan fingerprint density at radius 1 is 1.36 bits per heavy atom. The number of nitriles is 1. The summed E-state index contributed by atoms with van der Waals surface area (Å²) >= 11 is 0. The number of nitrogens with zero attached hydrogens (tertiary/aromatic N) is 4. The van der Waals surface area contributed by atoms with E-state index in [1.165, 1.54) is 17.9 Å². The number of furan rings is 1. The van der Waals surface area contributed by atoms with Crippen molar-refractivity contribution in [2.75, 3.05) is 5.32 Å². The molecule has 7 nitrogen and oxygen atoms in total. The Balaban J connectivity index is 2.12. The first kappa shape index (κ1) is 13.6. The van der Waals surface area contributed by atoms with Crippen LogP contribution in [-0.4, -0.2) is 20.9 Å². The van der Waals surface area contributed by atoms with Gasteiger partial charge in [-0.15, -0.1) is 5.10 Å². The molecule has 7 heteroatoms. The van der Waals surface area contributed by atoms with E-state index in [9.17, 15) is 10.1 Å². The van der Waals surface area contributed by atoms with Gasteiger partial charge < -0.3 is 9.73 Å². The van der Waals surface area contributed by atoms with Gasteiger partial charge in [-0.2, -0.15) is 5.26 Å². The molecular weight excluding hydrogens is 282 g/mol. The van der Waals surface area contributed by atoms with Crippen molar-refractivity contribution in [3.05, 3.63) is 48.4 Å². The number of anilines is 1. The number of hydrogen-bond donors (Lipinski definition) is 1. The minimum absolute atomic E-state index is 0.167. The number of carbonyl (C=O) groups excluding carboxylic acids is 1. The third-order valence-corrected chi connectivity index (χ3v) is 2.94. The number of nitrogens with one attached hydrogen (secondary N) is 1. The molecule has 1 N–H and O–H groups in total. The highest BCUT2D eigenvalue weighted by atomic mass is 16.3. The maximum absolute atomic E-state index is 11.2. The molecule has 0 bridgehead atoms. The van der Waals surface area contributed by atoms with Gasteiger partial charge in [-0.3, -0.25) is 4.79 Å². The smallest absolute Gasteiger partial charge is 0.221 e. The first-order chi connectivity index (χ1) is 10.7. The van der Waals surface area contributed by atoms with Crippen LogP contribution < -0.4 is 5.32 Å². The van der Waals surface area contributed by atoms with Crippen molar-refractivity contribution in [3.63, 3.8) is 0 Å². The second kappa shape index (κ2) is 5.54. The first-order valence-corrected chi connectivity index (χ1v) is 6.47. The van der Waals surface area contributed by atoms with E-state index in [-0.39, 0.29) is 11.6 Å². The van der Waals surface area contributed by atoms with Crippen LogP contribution in [0.1, 0.15) is 12.6 Å². The van der Waals surface area contributed by atoms with E-state index in [1.807, 2.05) is 6.07 Å². The summed E-state index contributed by atoms with van der Waals surface area (Å²) in [6, 6.07) is 12.5. The maximum atomic E-state index is 11.2. The number of aromatic nitrogens is 3. The van der Waals surface area contributed by atoms with Gasteiger partial charge in [0.1, 0.15) is 11.8 Å². The van der Waals surface area contributed by atoms with Crippen LogP contribution in [-0.2, 0) is 4.79 Å². The highest BCUT2D eigenvalue weighted by Gasteiger charge is 2.18. The van der Waals surface area contributed by atoms with Gasteiger partial charge in [0.25, 0.3) is 0 Å². The van der Waals surface area contributed by atoms with E-state index in [1.54, 1.807) is 36.4 Å². The summed E-state index contributed by atoms with van der Waals surface area (Å²) in [5, 5.41) is 19.8. The topological polar surface area (TPSA) is 96.7 Å². The molecule has 0 fully saturated rings. The summed E-state index contributed by atoms with van der Waals surface area (Å²) < 4.78 is 6.86. The van der Waals surface area contributed by atoms with Crippen LogP contribution in [0.25, 0.3) is 17.1 Å². The van der Waals surface area contributed by atoms with Crippen molar-refractivity contribution in [2.24, 2.45) is 0 Å². The molecule has 108 valence electrons. The molecule has 0 saturated heterocycles. The molecule has 0 unspecified atom stereocenters. The molecule has 0 aliphatic heterocycles. The van der Waals surface area contributed by atoms with Crippen LogP contribution >= 0.6 is 0 Å². The minimum Gasteiger partial charge on any atom is -0.463 e. The van der Waals surface area contributed by atoms with Gasteiger partial charge in [0.2, 0.25) is 5.91 Å².